The Hall–Kier alpha value is -2.30. The Morgan fingerprint density at radius 2 is 1.21 bits per heavy atom. The summed E-state index contributed by atoms with van der Waals surface area (Å²) in [6.07, 6.45) is 0. The maximum atomic E-state index is 9.28. The second-order valence-electron chi connectivity index (χ2n) is 4.23. The quantitative estimate of drug-likeness (QED) is 0.827. The minimum absolute atomic E-state index is 0.195. The number of phenols is 2. The molecule has 0 aromatic heterocycles. The van der Waals surface area contributed by atoms with Crippen molar-refractivity contribution in [2.45, 2.75) is 13.8 Å². The van der Waals surface area contributed by atoms with Gasteiger partial charge in [0.2, 0.25) is 0 Å². The average Bonchev–Trinajstić information content (AvgIpc) is 2.34. The highest BCUT2D eigenvalue weighted by Crippen LogP contribution is 2.24. The lowest BCUT2D eigenvalue weighted by Crippen LogP contribution is -2.12. The zero-order valence-corrected chi connectivity index (χ0v) is 10.8. The Labute approximate surface area is 112 Å². The van der Waals surface area contributed by atoms with Crippen LogP contribution in [0.1, 0.15) is 11.1 Å². The zero-order chi connectivity index (χ0) is 13.8. The van der Waals surface area contributed by atoms with E-state index in [1.807, 2.05) is 13.8 Å². The predicted molar refractivity (Wildman–Crippen MR) is 72.7 cm³/mol. The van der Waals surface area contributed by atoms with Crippen LogP contribution in [0.15, 0.2) is 36.4 Å². The summed E-state index contributed by atoms with van der Waals surface area (Å²) >= 11 is 0. The van der Waals surface area contributed by atoms with Crippen molar-refractivity contribution in [3.05, 3.63) is 47.5 Å². The third kappa shape index (κ3) is 3.34. The largest absolute Gasteiger partial charge is 0.658 e. The second-order valence-corrected chi connectivity index (χ2v) is 4.23. The first-order valence-electron chi connectivity index (χ1n) is 5.80. The van der Waals surface area contributed by atoms with Gasteiger partial charge in [-0.1, -0.05) is 0 Å². The van der Waals surface area contributed by atoms with Gasteiger partial charge in [0.15, 0.2) is 0 Å². The molecule has 1 radical (unpaired) electrons. The molecule has 0 bridgehead atoms. The highest BCUT2D eigenvalue weighted by Gasteiger charge is 2.07. The fraction of sp³-hybridized carbons (Fsp3) is 0.143. The number of rotatable bonds is 4. The highest BCUT2D eigenvalue weighted by atomic mass is 16.6. The lowest BCUT2D eigenvalue weighted by Gasteiger charge is -2.10. The lowest BCUT2D eigenvalue weighted by atomic mass is 10.2. The molecule has 0 spiro atoms. The molecule has 97 valence electrons. The number of aromatic hydroxyl groups is 2. The van der Waals surface area contributed by atoms with Crippen molar-refractivity contribution < 1.29 is 19.5 Å². The fourth-order valence-electron chi connectivity index (χ4n) is 1.66. The molecule has 5 heteroatoms. The Morgan fingerprint density at radius 3 is 1.58 bits per heavy atom. The van der Waals surface area contributed by atoms with Gasteiger partial charge in [0, 0.05) is 0 Å². The van der Waals surface area contributed by atoms with Crippen molar-refractivity contribution in [1.82, 2.24) is 0 Å². The molecule has 0 aliphatic carbocycles. The summed E-state index contributed by atoms with van der Waals surface area (Å²) in [4.78, 5) is 0. The van der Waals surface area contributed by atoms with Crippen LogP contribution in [0.4, 0.5) is 0 Å². The summed E-state index contributed by atoms with van der Waals surface area (Å²) in [6, 6.07) is 9.62. The summed E-state index contributed by atoms with van der Waals surface area (Å²) in [7, 11) is 1.22. The predicted octanol–water partition coefficient (Wildman–Crippen LogP) is 2.71. The summed E-state index contributed by atoms with van der Waals surface area (Å²) in [5.41, 5.74) is 1.62. The number of phenolic OH excluding ortho intramolecular Hbond substituents is 2. The Balaban J connectivity index is 1.96. The molecule has 0 amide bonds. The summed E-state index contributed by atoms with van der Waals surface area (Å²) in [5.74, 6) is 1.60. The van der Waals surface area contributed by atoms with Crippen LogP contribution in [-0.2, 0) is 0 Å². The van der Waals surface area contributed by atoms with Gasteiger partial charge in [-0.05, 0) is 61.4 Å². The number of aryl methyl sites for hydroxylation is 2. The van der Waals surface area contributed by atoms with E-state index < -0.39 is 0 Å². The van der Waals surface area contributed by atoms with Crippen LogP contribution in [0.3, 0.4) is 0 Å². The SMILES string of the molecule is Cc1cc(O)ccc1O[B]Oc1ccc(O)cc1C. The fourth-order valence-corrected chi connectivity index (χ4v) is 1.66. The molecule has 0 unspecified atom stereocenters. The maximum Gasteiger partial charge on any atom is 0.658 e. The van der Waals surface area contributed by atoms with Gasteiger partial charge >= 0.3 is 7.69 Å². The third-order valence-electron chi connectivity index (χ3n) is 2.67. The molecule has 2 aromatic rings. The first-order valence-corrected chi connectivity index (χ1v) is 5.80. The van der Waals surface area contributed by atoms with Gasteiger partial charge in [0.05, 0.1) is 0 Å². The van der Waals surface area contributed by atoms with E-state index in [1.165, 1.54) is 7.69 Å². The van der Waals surface area contributed by atoms with Crippen LogP contribution in [0.2, 0.25) is 0 Å². The van der Waals surface area contributed by atoms with E-state index in [0.29, 0.717) is 11.5 Å². The van der Waals surface area contributed by atoms with Crippen LogP contribution < -0.4 is 9.31 Å². The molecule has 0 heterocycles. The molecule has 2 N–H and O–H groups in total. The van der Waals surface area contributed by atoms with E-state index in [0.717, 1.165) is 11.1 Å². The number of hydrogen-bond acceptors (Lipinski definition) is 4. The van der Waals surface area contributed by atoms with Gasteiger partial charge in [-0.25, -0.2) is 0 Å². The highest BCUT2D eigenvalue weighted by molar-refractivity contribution is 6.20. The van der Waals surface area contributed by atoms with Crippen molar-refractivity contribution in [2.24, 2.45) is 0 Å². The Kier molecular flexibility index (Phi) is 3.85. The molecule has 2 aromatic carbocycles. The molecule has 0 saturated heterocycles. The molecule has 0 aliphatic heterocycles. The molecule has 0 aliphatic rings. The lowest BCUT2D eigenvalue weighted by molar-refractivity contribution is 0.446. The Bertz CT molecular complexity index is 532. The van der Waals surface area contributed by atoms with Crippen molar-refractivity contribution in [3.8, 4) is 23.0 Å². The van der Waals surface area contributed by atoms with E-state index in [2.05, 4.69) is 0 Å². The van der Waals surface area contributed by atoms with Gasteiger partial charge in [-0.2, -0.15) is 0 Å². The monoisotopic (exact) mass is 257 g/mol. The molecule has 4 nitrogen and oxygen atoms in total. The first kappa shape index (κ1) is 13.1. The van der Waals surface area contributed by atoms with Gasteiger partial charge < -0.3 is 19.5 Å². The molecule has 19 heavy (non-hydrogen) atoms. The topological polar surface area (TPSA) is 58.9 Å². The van der Waals surface area contributed by atoms with E-state index in [4.69, 9.17) is 9.31 Å². The normalized spacial score (nSPS) is 10.0. The molecular weight excluding hydrogens is 243 g/mol. The zero-order valence-electron chi connectivity index (χ0n) is 10.8. The van der Waals surface area contributed by atoms with Crippen LogP contribution >= 0.6 is 0 Å². The van der Waals surface area contributed by atoms with Gasteiger partial charge in [-0.3, -0.25) is 0 Å². The minimum Gasteiger partial charge on any atom is -0.526 e. The third-order valence-corrected chi connectivity index (χ3v) is 2.67. The van der Waals surface area contributed by atoms with Crippen molar-refractivity contribution in [3.63, 3.8) is 0 Å². The van der Waals surface area contributed by atoms with E-state index in [9.17, 15) is 10.2 Å². The second kappa shape index (κ2) is 5.56. The molecule has 0 atom stereocenters. The summed E-state index contributed by atoms with van der Waals surface area (Å²) in [5, 5.41) is 18.6. The number of hydrogen-bond donors (Lipinski definition) is 2. The summed E-state index contributed by atoms with van der Waals surface area (Å²) in [6.45, 7) is 3.66. The first-order chi connectivity index (χ1) is 9.06. The van der Waals surface area contributed by atoms with Crippen LogP contribution in [0.5, 0.6) is 23.0 Å². The minimum atomic E-state index is 0.195. The maximum absolute atomic E-state index is 9.28. The smallest absolute Gasteiger partial charge is 0.526 e. The number of benzene rings is 2. The van der Waals surface area contributed by atoms with Gasteiger partial charge in [0.1, 0.15) is 23.0 Å². The molecular formula is C14H14BO4. The van der Waals surface area contributed by atoms with Gasteiger partial charge in [0.25, 0.3) is 0 Å². The summed E-state index contributed by atoms with van der Waals surface area (Å²) < 4.78 is 10.7. The van der Waals surface area contributed by atoms with Crippen LogP contribution in [-0.4, -0.2) is 17.9 Å². The van der Waals surface area contributed by atoms with E-state index >= 15 is 0 Å². The average molecular weight is 257 g/mol. The Morgan fingerprint density at radius 1 is 0.789 bits per heavy atom. The van der Waals surface area contributed by atoms with Gasteiger partial charge in [-0.15, -0.1) is 0 Å². The van der Waals surface area contributed by atoms with Crippen molar-refractivity contribution in [2.75, 3.05) is 0 Å². The van der Waals surface area contributed by atoms with Crippen LogP contribution in [0.25, 0.3) is 0 Å². The van der Waals surface area contributed by atoms with E-state index in [1.54, 1.807) is 36.4 Å². The van der Waals surface area contributed by atoms with Crippen molar-refractivity contribution >= 4 is 7.69 Å². The van der Waals surface area contributed by atoms with Crippen molar-refractivity contribution in [1.29, 1.82) is 0 Å². The molecule has 0 fully saturated rings. The van der Waals surface area contributed by atoms with Crippen LogP contribution in [0, 0.1) is 13.8 Å². The molecule has 0 saturated carbocycles. The standard InChI is InChI=1S/C14H14BO4/c1-9-7-11(16)3-5-13(9)18-15-19-14-6-4-12(17)8-10(14)2/h3-8,16-17H,1-2H3. The molecule has 2 rings (SSSR count). The van der Waals surface area contributed by atoms with E-state index in [-0.39, 0.29) is 11.5 Å².